The third kappa shape index (κ3) is 6.04. The lowest BCUT2D eigenvalue weighted by molar-refractivity contribution is -0.870. The smallest absolute Gasteiger partial charge is 0.0780 e. The maximum absolute atomic E-state index is 2.52. The van der Waals surface area contributed by atoms with Crippen molar-refractivity contribution in [2.75, 3.05) is 27.7 Å². The van der Waals surface area contributed by atoms with Gasteiger partial charge in [0.15, 0.2) is 0 Å². The zero-order valence-electron chi connectivity index (χ0n) is 21.9. The van der Waals surface area contributed by atoms with E-state index in [-0.39, 0.29) is 5.41 Å². The third-order valence-corrected chi connectivity index (χ3v) is 7.56. The average molecular weight is 435 g/mol. The molecule has 0 fully saturated rings. The zero-order valence-corrected chi connectivity index (χ0v) is 21.9. The third-order valence-electron chi connectivity index (χ3n) is 7.56. The summed E-state index contributed by atoms with van der Waals surface area (Å²) < 4.78 is 1.08. The van der Waals surface area contributed by atoms with E-state index in [0.717, 1.165) is 4.48 Å². The number of rotatable bonds is 13. The van der Waals surface area contributed by atoms with E-state index in [2.05, 4.69) is 78.3 Å². The van der Waals surface area contributed by atoms with Crippen molar-refractivity contribution in [3.63, 3.8) is 0 Å². The molecule has 1 aliphatic carbocycles. The first-order valence-electron chi connectivity index (χ1n) is 13.3. The van der Waals surface area contributed by atoms with Crippen molar-refractivity contribution in [1.29, 1.82) is 0 Å². The van der Waals surface area contributed by atoms with Crippen LogP contribution >= 0.6 is 0 Å². The summed E-state index contributed by atoms with van der Waals surface area (Å²) in [5.74, 6) is 0. The van der Waals surface area contributed by atoms with Crippen molar-refractivity contribution in [3.8, 4) is 11.1 Å². The number of hydrogen-bond donors (Lipinski definition) is 0. The second-order valence-corrected chi connectivity index (χ2v) is 11.5. The maximum atomic E-state index is 2.52. The SMILES string of the molecule is CCCCCCCC1(CCCCCC[N+](C)(C)C)c2cc(C)ccc2-c2ccc(C)cc21. The molecular formula is C31H48N+. The lowest BCUT2D eigenvalue weighted by atomic mass is 9.70. The standard InChI is InChI=1S/C31H48N/c1-7-8-9-10-13-20-31(21-14-11-12-15-22-32(4,5)6)29-23-25(2)16-18-27(29)28-19-17-26(3)24-30(28)31/h16-19,23-24H,7-15,20-22H2,1-6H3/q+1. The maximum Gasteiger partial charge on any atom is 0.0780 e. The van der Waals surface area contributed by atoms with Gasteiger partial charge in [-0.05, 0) is 61.8 Å². The summed E-state index contributed by atoms with van der Waals surface area (Å²) in [6.45, 7) is 8.14. The Morgan fingerprint density at radius 3 is 1.56 bits per heavy atom. The molecule has 0 saturated carbocycles. The summed E-state index contributed by atoms with van der Waals surface area (Å²) in [5.41, 5.74) is 9.29. The van der Waals surface area contributed by atoms with Crippen molar-refractivity contribution in [1.82, 2.24) is 0 Å². The molecule has 0 bridgehead atoms. The average Bonchev–Trinajstić information content (AvgIpc) is 2.98. The van der Waals surface area contributed by atoms with Crippen LogP contribution in [-0.4, -0.2) is 32.2 Å². The van der Waals surface area contributed by atoms with Gasteiger partial charge in [0.25, 0.3) is 0 Å². The quantitative estimate of drug-likeness (QED) is 0.219. The lowest BCUT2D eigenvalue weighted by Crippen LogP contribution is -2.35. The molecule has 0 radical (unpaired) electrons. The first-order valence-corrected chi connectivity index (χ1v) is 13.3. The highest BCUT2D eigenvalue weighted by Gasteiger charge is 2.42. The van der Waals surface area contributed by atoms with Crippen molar-refractivity contribution >= 4 is 0 Å². The molecule has 0 unspecified atom stereocenters. The van der Waals surface area contributed by atoms with Gasteiger partial charge in [-0.2, -0.15) is 0 Å². The topological polar surface area (TPSA) is 0 Å². The molecule has 0 saturated heterocycles. The Hall–Kier alpha value is -1.60. The number of unbranched alkanes of at least 4 members (excludes halogenated alkanes) is 7. The predicted molar refractivity (Wildman–Crippen MR) is 141 cm³/mol. The van der Waals surface area contributed by atoms with Gasteiger partial charge in [0.2, 0.25) is 0 Å². The minimum absolute atomic E-state index is 0.217. The highest BCUT2D eigenvalue weighted by Crippen LogP contribution is 2.54. The molecular weight excluding hydrogens is 386 g/mol. The second kappa shape index (κ2) is 11.0. The Balaban J connectivity index is 1.83. The molecule has 0 spiro atoms. The van der Waals surface area contributed by atoms with E-state index in [9.17, 15) is 0 Å². The van der Waals surface area contributed by atoms with E-state index < -0.39 is 0 Å². The Morgan fingerprint density at radius 2 is 1.09 bits per heavy atom. The van der Waals surface area contributed by atoms with Gasteiger partial charge in [-0.1, -0.05) is 99.4 Å². The van der Waals surface area contributed by atoms with E-state index in [4.69, 9.17) is 0 Å². The fraction of sp³-hybridized carbons (Fsp3) is 0.613. The van der Waals surface area contributed by atoms with Crippen LogP contribution in [0, 0.1) is 13.8 Å². The van der Waals surface area contributed by atoms with Gasteiger partial charge >= 0.3 is 0 Å². The van der Waals surface area contributed by atoms with Gasteiger partial charge in [-0.15, -0.1) is 0 Å². The number of nitrogens with zero attached hydrogens (tertiary/aromatic N) is 1. The molecule has 1 aliphatic rings. The normalized spacial score (nSPS) is 14.4. The first kappa shape index (κ1) is 25.0. The first-order chi connectivity index (χ1) is 15.3. The van der Waals surface area contributed by atoms with Crippen LogP contribution in [0.15, 0.2) is 36.4 Å². The Bertz CT molecular complexity index is 819. The van der Waals surface area contributed by atoms with Gasteiger partial charge in [0, 0.05) is 5.41 Å². The highest BCUT2D eigenvalue weighted by atomic mass is 15.3. The molecule has 0 heterocycles. The van der Waals surface area contributed by atoms with Crippen molar-refractivity contribution < 1.29 is 4.48 Å². The fourth-order valence-corrected chi connectivity index (χ4v) is 5.78. The molecule has 1 nitrogen and oxygen atoms in total. The molecule has 0 N–H and O–H groups in total. The van der Waals surface area contributed by atoms with Crippen LogP contribution in [0.5, 0.6) is 0 Å². The van der Waals surface area contributed by atoms with Crippen LogP contribution in [-0.2, 0) is 5.41 Å². The predicted octanol–water partition coefficient (Wildman–Crippen LogP) is 8.59. The summed E-state index contributed by atoms with van der Waals surface area (Å²) in [6.07, 6.45) is 14.8. The van der Waals surface area contributed by atoms with Crippen molar-refractivity contribution in [2.24, 2.45) is 0 Å². The highest BCUT2D eigenvalue weighted by molar-refractivity contribution is 5.81. The number of fused-ring (bicyclic) bond motifs is 3. The van der Waals surface area contributed by atoms with E-state index in [0.29, 0.717) is 0 Å². The molecule has 0 atom stereocenters. The minimum Gasteiger partial charge on any atom is -0.331 e. The van der Waals surface area contributed by atoms with Gasteiger partial charge in [-0.25, -0.2) is 0 Å². The number of aryl methyl sites for hydroxylation is 2. The molecule has 2 aromatic rings. The van der Waals surface area contributed by atoms with Crippen molar-refractivity contribution in [3.05, 3.63) is 58.7 Å². The summed E-state index contributed by atoms with van der Waals surface area (Å²) in [6, 6.07) is 14.5. The second-order valence-electron chi connectivity index (χ2n) is 11.5. The Labute approximate surface area is 198 Å². The Kier molecular flexibility index (Phi) is 8.62. The monoisotopic (exact) mass is 434 g/mol. The molecule has 32 heavy (non-hydrogen) atoms. The van der Waals surface area contributed by atoms with E-state index in [1.807, 2.05) is 0 Å². The van der Waals surface area contributed by atoms with E-state index in [1.165, 1.54) is 99.4 Å². The van der Waals surface area contributed by atoms with Crippen molar-refractivity contribution in [2.45, 2.75) is 96.8 Å². The minimum atomic E-state index is 0.217. The summed E-state index contributed by atoms with van der Waals surface area (Å²) in [4.78, 5) is 0. The number of quaternary nitrogens is 1. The molecule has 0 amide bonds. The van der Waals surface area contributed by atoms with Gasteiger partial charge in [0.1, 0.15) is 0 Å². The van der Waals surface area contributed by atoms with Crippen LogP contribution in [0.1, 0.15) is 99.8 Å². The summed E-state index contributed by atoms with van der Waals surface area (Å²) >= 11 is 0. The van der Waals surface area contributed by atoms with Crippen LogP contribution in [0.2, 0.25) is 0 Å². The Morgan fingerprint density at radius 1 is 0.625 bits per heavy atom. The molecule has 0 aromatic heterocycles. The van der Waals surface area contributed by atoms with Crippen LogP contribution in [0.4, 0.5) is 0 Å². The number of hydrogen-bond acceptors (Lipinski definition) is 0. The van der Waals surface area contributed by atoms with Crippen LogP contribution < -0.4 is 0 Å². The van der Waals surface area contributed by atoms with Gasteiger partial charge < -0.3 is 4.48 Å². The van der Waals surface area contributed by atoms with Gasteiger partial charge in [0.05, 0.1) is 27.7 Å². The fourth-order valence-electron chi connectivity index (χ4n) is 5.78. The molecule has 3 rings (SSSR count). The lowest BCUT2D eigenvalue weighted by Gasteiger charge is -2.33. The zero-order chi connectivity index (χ0) is 23.2. The van der Waals surface area contributed by atoms with Crippen LogP contribution in [0.25, 0.3) is 11.1 Å². The summed E-state index contributed by atoms with van der Waals surface area (Å²) in [5, 5.41) is 0. The summed E-state index contributed by atoms with van der Waals surface area (Å²) in [7, 11) is 6.93. The van der Waals surface area contributed by atoms with E-state index >= 15 is 0 Å². The number of benzene rings is 2. The van der Waals surface area contributed by atoms with Crippen LogP contribution in [0.3, 0.4) is 0 Å². The molecule has 176 valence electrons. The molecule has 0 aliphatic heterocycles. The molecule has 1 heteroatoms. The molecule has 2 aromatic carbocycles. The van der Waals surface area contributed by atoms with E-state index in [1.54, 1.807) is 11.1 Å². The largest absolute Gasteiger partial charge is 0.331 e. The van der Waals surface area contributed by atoms with Gasteiger partial charge in [-0.3, -0.25) is 0 Å².